The first-order valence-electron chi connectivity index (χ1n) is 16.6. The number of aliphatic hydroxyl groups excluding tert-OH is 1. The maximum absolute atomic E-state index is 12.4. The molecule has 2 aliphatic rings. The lowest BCUT2D eigenvalue weighted by atomic mass is 9.72. The van der Waals surface area contributed by atoms with Gasteiger partial charge in [-0.3, -0.25) is 23.7 Å². The molecule has 5 atom stereocenters. The predicted molar refractivity (Wildman–Crippen MR) is 186 cm³/mol. The zero-order valence-electron chi connectivity index (χ0n) is 28.7. The van der Waals surface area contributed by atoms with Crippen molar-refractivity contribution in [1.29, 1.82) is 0 Å². The topological polar surface area (TPSA) is 169 Å². The highest BCUT2D eigenvalue weighted by Gasteiger charge is 2.48. The van der Waals surface area contributed by atoms with E-state index in [0.29, 0.717) is 13.0 Å². The van der Waals surface area contributed by atoms with Crippen molar-refractivity contribution in [2.24, 2.45) is 5.41 Å². The van der Waals surface area contributed by atoms with Gasteiger partial charge in [0.25, 0.3) is 5.56 Å². The van der Waals surface area contributed by atoms with Crippen molar-refractivity contribution in [2.75, 3.05) is 19.8 Å². The van der Waals surface area contributed by atoms with Crippen LogP contribution in [-0.2, 0) is 23.4 Å². The largest absolute Gasteiger partial charge is 0.394 e. The smallest absolute Gasteiger partial charge is 0.330 e. The van der Waals surface area contributed by atoms with E-state index in [0.717, 1.165) is 41.0 Å². The Balaban J connectivity index is 1.40. The standard InChI is InChI=1S/C35H52N3O9P/c1-24(15-16-27-26(3)14-11-18-35(27,4)5)12-10-13-25(2)22-30(41)36-19-8-6-7-9-21-45-32-31(47-48(43)44)28(23-39)46-33(32)38-20-17-29(40)37-34(38)42/h10,12-13,15-17,20,22,28,31-33,39,48H,6-9,11,14,18-19,21,23H2,1-5H3,(H,36,41)(H,43,44)(H,37,40,42)/b13-10+,16-15+,24-12+,25-22+/t28-,31?,32?,33-/m1/s1. The Labute approximate surface area is 283 Å². The third kappa shape index (κ3) is 12.1. The molecule has 1 fully saturated rings. The van der Waals surface area contributed by atoms with Crippen molar-refractivity contribution in [2.45, 2.75) is 104 Å². The number of aromatic nitrogens is 2. The molecule has 4 N–H and O–H groups in total. The maximum atomic E-state index is 12.4. The molecule has 3 unspecified atom stereocenters. The number of ether oxygens (including phenoxy) is 2. The van der Waals surface area contributed by atoms with Crippen molar-refractivity contribution >= 4 is 14.2 Å². The number of H-pyrrole nitrogens is 1. The molecule has 13 heteroatoms. The molecule has 1 aliphatic heterocycles. The average Bonchev–Trinajstić information content (AvgIpc) is 3.33. The van der Waals surface area contributed by atoms with Crippen LogP contribution < -0.4 is 16.6 Å². The van der Waals surface area contributed by atoms with Gasteiger partial charge in [-0.2, -0.15) is 0 Å². The molecule has 1 saturated heterocycles. The lowest BCUT2D eigenvalue weighted by Crippen LogP contribution is -2.40. The van der Waals surface area contributed by atoms with Crippen molar-refractivity contribution in [1.82, 2.24) is 14.9 Å². The van der Waals surface area contributed by atoms with Crippen LogP contribution in [0.25, 0.3) is 0 Å². The third-order valence-electron chi connectivity index (χ3n) is 8.64. The second-order valence-corrected chi connectivity index (χ2v) is 13.8. The Bertz CT molecular complexity index is 1540. The van der Waals surface area contributed by atoms with Gasteiger partial charge in [0, 0.05) is 31.5 Å². The van der Waals surface area contributed by atoms with Crippen LogP contribution in [0.3, 0.4) is 0 Å². The number of rotatable bonds is 17. The van der Waals surface area contributed by atoms with Gasteiger partial charge in [-0.1, -0.05) is 68.2 Å². The third-order valence-corrected chi connectivity index (χ3v) is 9.11. The highest BCUT2D eigenvalue weighted by Crippen LogP contribution is 2.41. The number of carbonyl (C=O) groups excluding carboxylic acids is 1. The van der Waals surface area contributed by atoms with E-state index in [-0.39, 0.29) is 17.9 Å². The van der Waals surface area contributed by atoms with Gasteiger partial charge in [-0.05, 0) is 69.4 Å². The molecular formula is C35H52N3O9P. The minimum Gasteiger partial charge on any atom is -0.394 e. The summed E-state index contributed by atoms with van der Waals surface area (Å²) in [7, 11) is -3.41. The van der Waals surface area contributed by atoms with Crippen LogP contribution in [0.4, 0.5) is 0 Å². The van der Waals surface area contributed by atoms with E-state index >= 15 is 0 Å². The minimum absolute atomic E-state index is 0.152. The Kier molecular flexibility index (Phi) is 15.7. The van der Waals surface area contributed by atoms with Crippen molar-refractivity contribution in [3.8, 4) is 0 Å². The van der Waals surface area contributed by atoms with Gasteiger partial charge in [0.15, 0.2) is 6.23 Å². The van der Waals surface area contributed by atoms with Crippen LogP contribution in [0.5, 0.6) is 0 Å². The van der Waals surface area contributed by atoms with Crippen molar-refractivity contribution in [3.05, 3.63) is 91.8 Å². The Morgan fingerprint density at radius 2 is 1.92 bits per heavy atom. The lowest BCUT2D eigenvalue weighted by molar-refractivity contribution is -0.116. The summed E-state index contributed by atoms with van der Waals surface area (Å²) in [5.74, 6) is -0.152. The molecule has 0 aromatic carbocycles. The number of nitrogens with zero attached hydrogens (tertiary/aromatic N) is 1. The van der Waals surface area contributed by atoms with Crippen molar-refractivity contribution in [3.63, 3.8) is 0 Å². The highest BCUT2D eigenvalue weighted by molar-refractivity contribution is 7.32. The van der Waals surface area contributed by atoms with Gasteiger partial charge < -0.3 is 29.3 Å². The van der Waals surface area contributed by atoms with Gasteiger partial charge in [0.05, 0.1) is 6.61 Å². The van der Waals surface area contributed by atoms with Crippen LogP contribution in [0.2, 0.25) is 0 Å². The van der Waals surface area contributed by atoms with E-state index in [2.05, 4.69) is 50.1 Å². The normalized spacial score (nSPS) is 24.1. The summed E-state index contributed by atoms with van der Waals surface area (Å²) in [6, 6.07) is 1.14. The minimum atomic E-state index is -3.41. The first-order chi connectivity index (χ1) is 22.8. The Morgan fingerprint density at radius 1 is 1.17 bits per heavy atom. The first-order valence-corrected chi connectivity index (χ1v) is 17.9. The predicted octanol–water partition coefficient (Wildman–Crippen LogP) is 4.79. The van der Waals surface area contributed by atoms with E-state index in [1.165, 1.54) is 36.6 Å². The molecular weight excluding hydrogens is 637 g/mol. The van der Waals surface area contributed by atoms with Gasteiger partial charge in [-0.25, -0.2) is 4.79 Å². The van der Waals surface area contributed by atoms with Crippen LogP contribution in [0.15, 0.2) is 80.6 Å². The summed E-state index contributed by atoms with van der Waals surface area (Å²) < 4.78 is 29.4. The molecule has 1 aromatic rings. The molecule has 0 saturated carbocycles. The monoisotopic (exact) mass is 689 g/mol. The Morgan fingerprint density at radius 3 is 2.60 bits per heavy atom. The number of allylic oxidation sites excluding steroid dienone is 9. The second-order valence-electron chi connectivity index (χ2n) is 13.1. The molecule has 0 spiro atoms. The number of amides is 1. The van der Waals surface area contributed by atoms with E-state index < -0.39 is 50.7 Å². The van der Waals surface area contributed by atoms with Crippen LogP contribution >= 0.6 is 8.25 Å². The summed E-state index contributed by atoms with van der Waals surface area (Å²) in [5, 5.41) is 12.6. The number of aliphatic hydroxyl groups is 1. The lowest BCUT2D eigenvalue weighted by Gasteiger charge is -2.32. The summed E-state index contributed by atoms with van der Waals surface area (Å²) >= 11 is 0. The van der Waals surface area contributed by atoms with Gasteiger partial charge in [0.2, 0.25) is 5.91 Å². The SMILES string of the molecule is CC1=C(/C=C/C(C)=C/C=C/C(C)=C/C(=O)NCCCCCCOC2C(O[PH](=O)O)[C@@H](CO)O[C@H]2n2ccc(=O)[nH]c2=O)C(C)(C)CCC1. The molecule has 48 heavy (non-hydrogen) atoms. The number of unbranched alkanes of at least 4 members (excludes halogenated alkanes) is 3. The van der Waals surface area contributed by atoms with E-state index in [9.17, 15) is 28.9 Å². The summed E-state index contributed by atoms with van der Waals surface area (Å²) in [5.41, 5.74) is 3.76. The fourth-order valence-corrected chi connectivity index (χ4v) is 6.61. The first kappa shape index (κ1) is 39.3. The summed E-state index contributed by atoms with van der Waals surface area (Å²) in [6.45, 7) is 11.0. The van der Waals surface area contributed by atoms with Gasteiger partial charge in [-0.15, -0.1) is 0 Å². The molecule has 12 nitrogen and oxygen atoms in total. The van der Waals surface area contributed by atoms with E-state index in [1.54, 1.807) is 6.08 Å². The summed E-state index contributed by atoms with van der Waals surface area (Å²) in [4.78, 5) is 47.7. The zero-order chi connectivity index (χ0) is 35.3. The number of hydrogen-bond acceptors (Lipinski definition) is 8. The van der Waals surface area contributed by atoms with E-state index in [1.807, 2.05) is 25.2 Å². The number of aromatic amines is 1. The summed E-state index contributed by atoms with van der Waals surface area (Å²) in [6.07, 6.45) is 15.6. The van der Waals surface area contributed by atoms with Crippen molar-refractivity contribution < 1.29 is 33.4 Å². The molecule has 0 bridgehead atoms. The molecule has 1 aliphatic carbocycles. The second kappa shape index (κ2) is 19.2. The molecule has 1 aromatic heterocycles. The van der Waals surface area contributed by atoms with Crippen LogP contribution in [0, 0.1) is 5.41 Å². The average molecular weight is 690 g/mol. The number of carbonyl (C=O) groups is 1. The fourth-order valence-electron chi connectivity index (χ4n) is 6.09. The molecule has 2 heterocycles. The number of hydrogen-bond donors (Lipinski definition) is 4. The maximum Gasteiger partial charge on any atom is 0.330 e. The molecule has 3 rings (SSSR count). The molecule has 266 valence electrons. The van der Waals surface area contributed by atoms with Gasteiger partial charge >= 0.3 is 13.9 Å². The van der Waals surface area contributed by atoms with Crippen LogP contribution in [-0.4, -0.2) is 63.5 Å². The highest BCUT2D eigenvalue weighted by atomic mass is 31.1. The molecule has 1 amide bonds. The fraction of sp³-hybridized carbons (Fsp3) is 0.571. The van der Waals surface area contributed by atoms with Gasteiger partial charge in [0.1, 0.15) is 18.3 Å². The van der Waals surface area contributed by atoms with E-state index in [4.69, 9.17) is 14.0 Å². The number of nitrogens with one attached hydrogen (secondary N) is 2. The zero-order valence-corrected chi connectivity index (χ0v) is 29.7. The molecule has 0 radical (unpaired) electrons. The quantitative estimate of drug-likeness (QED) is 0.0778. The van der Waals surface area contributed by atoms with Crippen LogP contribution in [0.1, 0.15) is 85.8 Å². The Hall–Kier alpha value is -3.12.